The third-order valence-electron chi connectivity index (χ3n) is 3.26. The van der Waals surface area contributed by atoms with Gasteiger partial charge in [0.15, 0.2) is 4.32 Å². The first kappa shape index (κ1) is 16.1. The normalized spacial score (nSPS) is 16.2. The van der Waals surface area contributed by atoms with Gasteiger partial charge in [-0.25, -0.2) is 0 Å². The van der Waals surface area contributed by atoms with E-state index in [0.717, 1.165) is 22.0 Å². The van der Waals surface area contributed by atoms with Crippen molar-refractivity contribution in [2.45, 2.75) is 0 Å². The Kier molecular flexibility index (Phi) is 4.75. The van der Waals surface area contributed by atoms with E-state index in [1.807, 2.05) is 24.3 Å². The van der Waals surface area contributed by atoms with Crippen molar-refractivity contribution < 1.29 is 9.59 Å². The molecule has 2 aromatic carbocycles. The zero-order valence-electron chi connectivity index (χ0n) is 11.7. The molecular weight excluding hydrogens is 394 g/mol. The van der Waals surface area contributed by atoms with Crippen molar-refractivity contribution in [2.75, 3.05) is 4.90 Å². The molecule has 3 nitrogen and oxygen atoms in total. The Morgan fingerprint density at radius 2 is 1.70 bits per heavy atom. The van der Waals surface area contributed by atoms with Crippen molar-refractivity contribution in [3.05, 3.63) is 69.0 Å². The van der Waals surface area contributed by atoms with E-state index in [4.69, 9.17) is 12.2 Å². The molecule has 1 saturated heterocycles. The largest absolute Gasteiger partial charge is 0.298 e. The van der Waals surface area contributed by atoms with Gasteiger partial charge in [-0.05, 0) is 39.7 Å². The van der Waals surface area contributed by atoms with Crippen LogP contribution in [0, 0.1) is 0 Å². The number of benzene rings is 2. The van der Waals surface area contributed by atoms with Crippen molar-refractivity contribution in [1.29, 1.82) is 0 Å². The van der Waals surface area contributed by atoms with E-state index in [9.17, 15) is 9.59 Å². The number of halogens is 1. The Labute approximate surface area is 151 Å². The van der Waals surface area contributed by atoms with Crippen molar-refractivity contribution in [1.82, 2.24) is 0 Å². The lowest BCUT2D eigenvalue weighted by Gasteiger charge is -2.15. The van der Waals surface area contributed by atoms with Crippen LogP contribution in [-0.2, 0) is 4.79 Å². The molecule has 0 atom stereocenters. The average molecular weight is 404 g/mol. The van der Waals surface area contributed by atoms with Crippen molar-refractivity contribution in [3.63, 3.8) is 0 Å². The predicted molar refractivity (Wildman–Crippen MR) is 102 cm³/mol. The van der Waals surface area contributed by atoms with E-state index in [0.29, 0.717) is 14.8 Å². The maximum absolute atomic E-state index is 12.7. The molecule has 1 aliphatic heterocycles. The summed E-state index contributed by atoms with van der Waals surface area (Å²) in [6.45, 7) is 0. The lowest BCUT2D eigenvalue weighted by molar-refractivity contribution is -0.113. The smallest absolute Gasteiger partial charge is 0.270 e. The number of carbonyl (C=O) groups is 2. The number of nitrogens with zero attached hydrogens (tertiary/aromatic N) is 1. The minimum Gasteiger partial charge on any atom is -0.298 e. The summed E-state index contributed by atoms with van der Waals surface area (Å²) in [4.78, 5) is 25.4. The van der Waals surface area contributed by atoms with Gasteiger partial charge in [-0.15, -0.1) is 0 Å². The molecule has 114 valence electrons. The van der Waals surface area contributed by atoms with Crippen molar-refractivity contribution in [3.8, 4) is 0 Å². The first-order chi connectivity index (χ1) is 11.1. The number of thioether (sulfide) groups is 1. The number of thiocarbonyl (C=S) groups is 1. The number of hydrogen-bond acceptors (Lipinski definition) is 4. The number of amides is 1. The molecule has 1 fully saturated rings. The van der Waals surface area contributed by atoms with E-state index in [-0.39, 0.29) is 5.91 Å². The van der Waals surface area contributed by atoms with Gasteiger partial charge >= 0.3 is 0 Å². The standard InChI is InChI=1S/C17H10BrNO2S2/c18-13-3-1-2-4-14(13)19-16(21)15(23-17(19)22)9-11-5-7-12(10-20)8-6-11/h1-10H. The van der Waals surface area contributed by atoms with Crippen molar-refractivity contribution in [2.24, 2.45) is 0 Å². The van der Waals surface area contributed by atoms with Gasteiger partial charge in [0.1, 0.15) is 6.29 Å². The first-order valence-corrected chi connectivity index (χ1v) is 8.69. The molecule has 0 N–H and O–H groups in total. The Morgan fingerprint density at radius 1 is 1.04 bits per heavy atom. The molecule has 0 radical (unpaired) electrons. The summed E-state index contributed by atoms with van der Waals surface area (Å²) in [5.41, 5.74) is 2.18. The number of hydrogen-bond donors (Lipinski definition) is 0. The summed E-state index contributed by atoms with van der Waals surface area (Å²) in [5.74, 6) is -0.147. The summed E-state index contributed by atoms with van der Waals surface area (Å²) >= 11 is 10.1. The highest BCUT2D eigenvalue weighted by molar-refractivity contribution is 9.10. The lowest BCUT2D eigenvalue weighted by atomic mass is 10.1. The highest BCUT2D eigenvalue weighted by Gasteiger charge is 2.34. The predicted octanol–water partition coefficient (Wildman–Crippen LogP) is 4.67. The molecule has 3 rings (SSSR count). The Balaban J connectivity index is 1.93. The summed E-state index contributed by atoms with van der Waals surface area (Å²) in [6.07, 6.45) is 2.57. The van der Waals surface area contributed by atoms with Crippen LogP contribution in [-0.4, -0.2) is 16.5 Å². The molecule has 1 aliphatic rings. The molecule has 23 heavy (non-hydrogen) atoms. The van der Waals surface area contributed by atoms with E-state index < -0.39 is 0 Å². The molecule has 0 aliphatic carbocycles. The highest BCUT2D eigenvalue weighted by Crippen LogP contribution is 2.38. The van der Waals surface area contributed by atoms with Crippen LogP contribution >= 0.6 is 39.9 Å². The van der Waals surface area contributed by atoms with Crippen LogP contribution in [0.4, 0.5) is 5.69 Å². The third kappa shape index (κ3) is 3.29. The lowest BCUT2D eigenvalue weighted by Crippen LogP contribution is -2.27. The van der Waals surface area contributed by atoms with Crippen LogP contribution in [0.5, 0.6) is 0 Å². The molecule has 6 heteroatoms. The number of carbonyl (C=O) groups excluding carboxylic acids is 2. The van der Waals surface area contributed by atoms with Gasteiger partial charge < -0.3 is 0 Å². The fraction of sp³-hybridized carbons (Fsp3) is 0. The molecule has 0 saturated carbocycles. The van der Waals surface area contributed by atoms with Gasteiger partial charge in [0.05, 0.1) is 10.6 Å². The summed E-state index contributed by atoms with van der Waals surface area (Å²) in [6, 6.07) is 14.5. The number of aldehydes is 1. The van der Waals surface area contributed by atoms with Gasteiger partial charge in [-0.1, -0.05) is 60.4 Å². The zero-order valence-corrected chi connectivity index (χ0v) is 15.0. The Bertz CT molecular complexity index is 831. The Hall–Kier alpha value is -1.76. The van der Waals surface area contributed by atoms with Crippen LogP contribution in [0.3, 0.4) is 0 Å². The molecule has 0 unspecified atom stereocenters. The van der Waals surface area contributed by atoms with E-state index in [1.165, 1.54) is 16.7 Å². The fourth-order valence-corrected chi connectivity index (χ4v) is 3.88. The average Bonchev–Trinajstić information content (AvgIpc) is 2.83. The van der Waals surface area contributed by atoms with Crippen LogP contribution in [0.25, 0.3) is 6.08 Å². The van der Waals surface area contributed by atoms with Gasteiger partial charge in [0.25, 0.3) is 5.91 Å². The number of rotatable bonds is 3. The zero-order chi connectivity index (χ0) is 16.4. The molecule has 1 amide bonds. The minimum atomic E-state index is -0.147. The van der Waals surface area contributed by atoms with E-state index >= 15 is 0 Å². The number of anilines is 1. The molecule has 2 aromatic rings. The van der Waals surface area contributed by atoms with E-state index in [1.54, 1.807) is 30.3 Å². The monoisotopic (exact) mass is 403 g/mol. The fourth-order valence-electron chi connectivity index (χ4n) is 2.13. The SMILES string of the molecule is O=Cc1ccc(C=C2SC(=S)N(c3ccccc3Br)C2=O)cc1. The summed E-state index contributed by atoms with van der Waals surface area (Å²) in [7, 11) is 0. The second kappa shape index (κ2) is 6.78. The summed E-state index contributed by atoms with van der Waals surface area (Å²) < 4.78 is 1.31. The first-order valence-electron chi connectivity index (χ1n) is 6.68. The van der Waals surface area contributed by atoms with Gasteiger partial charge in [0.2, 0.25) is 0 Å². The van der Waals surface area contributed by atoms with Crippen LogP contribution in [0.15, 0.2) is 57.9 Å². The second-order valence-electron chi connectivity index (χ2n) is 4.75. The quantitative estimate of drug-likeness (QED) is 0.424. The van der Waals surface area contributed by atoms with Gasteiger partial charge in [0, 0.05) is 10.0 Å². The maximum atomic E-state index is 12.7. The van der Waals surface area contributed by atoms with Crippen molar-refractivity contribution >= 4 is 68.2 Å². The minimum absolute atomic E-state index is 0.147. The maximum Gasteiger partial charge on any atom is 0.270 e. The molecule has 1 heterocycles. The molecule has 0 aromatic heterocycles. The van der Waals surface area contributed by atoms with Crippen LogP contribution < -0.4 is 4.90 Å². The highest BCUT2D eigenvalue weighted by atomic mass is 79.9. The van der Waals surface area contributed by atoms with E-state index in [2.05, 4.69) is 15.9 Å². The van der Waals surface area contributed by atoms with Crippen LogP contribution in [0.2, 0.25) is 0 Å². The summed E-state index contributed by atoms with van der Waals surface area (Å²) in [5, 5.41) is 0. The van der Waals surface area contributed by atoms with Crippen LogP contribution in [0.1, 0.15) is 15.9 Å². The molecular formula is C17H10BrNO2S2. The molecule has 0 spiro atoms. The topological polar surface area (TPSA) is 37.4 Å². The Morgan fingerprint density at radius 3 is 2.35 bits per heavy atom. The van der Waals surface area contributed by atoms with Gasteiger partial charge in [-0.3, -0.25) is 14.5 Å². The third-order valence-corrected chi connectivity index (χ3v) is 5.23. The van der Waals surface area contributed by atoms with Gasteiger partial charge in [-0.2, -0.15) is 0 Å². The second-order valence-corrected chi connectivity index (χ2v) is 7.28. The molecule has 0 bridgehead atoms. The number of para-hydroxylation sites is 1.